The molecule has 0 aromatic heterocycles. The van der Waals surface area contributed by atoms with Gasteiger partial charge in [0.1, 0.15) is 0 Å². The second-order valence-corrected chi connectivity index (χ2v) is 4.96. The fraction of sp³-hybridized carbons (Fsp3) is 0.462. The molecule has 1 N–H and O–H groups in total. The van der Waals surface area contributed by atoms with Gasteiger partial charge in [-0.3, -0.25) is 9.69 Å². The zero-order valence-electron chi connectivity index (χ0n) is 10.5. The van der Waals surface area contributed by atoms with Crippen LogP contribution in [0.3, 0.4) is 0 Å². The van der Waals surface area contributed by atoms with Crippen molar-refractivity contribution in [2.45, 2.75) is 26.4 Å². The molecule has 4 heteroatoms. The van der Waals surface area contributed by atoms with Gasteiger partial charge in [-0.2, -0.15) is 0 Å². The lowest BCUT2D eigenvalue weighted by molar-refractivity contribution is -0.122. The Labute approximate surface area is 108 Å². The molecule has 1 rings (SSSR count). The fourth-order valence-electron chi connectivity index (χ4n) is 1.57. The number of halogens is 1. The zero-order valence-corrected chi connectivity index (χ0v) is 11.3. The lowest BCUT2D eigenvalue weighted by Crippen LogP contribution is -2.38. The summed E-state index contributed by atoms with van der Waals surface area (Å²) >= 11 is 5.81. The summed E-state index contributed by atoms with van der Waals surface area (Å²) in [5.41, 5.74) is 1.15. The topological polar surface area (TPSA) is 32.3 Å². The molecule has 94 valence electrons. The quantitative estimate of drug-likeness (QED) is 0.875. The summed E-state index contributed by atoms with van der Waals surface area (Å²) in [6, 6.07) is 7.85. The first-order valence-electron chi connectivity index (χ1n) is 5.69. The summed E-state index contributed by atoms with van der Waals surface area (Å²) in [5, 5.41) is 3.60. The minimum atomic E-state index is 0.0523. The lowest BCUT2D eigenvalue weighted by atomic mass is 10.2. The molecule has 0 spiro atoms. The van der Waals surface area contributed by atoms with Crippen molar-refractivity contribution in [3.63, 3.8) is 0 Å². The van der Waals surface area contributed by atoms with Gasteiger partial charge in [0, 0.05) is 17.6 Å². The van der Waals surface area contributed by atoms with Crippen LogP contribution in [-0.2, 0) is 11.3 Å². The number of nitrogens with zero attached hydrogens (tertiary/aromatic N) is 1. The second-order valence-electron chi connectivity index (χ2n) is 4.52. The fourth-order valence-corrected chi connectivity index (χ4v) is 1.70. The third kappa shape index (κ3) is 5.71. The molecule has 0 radical (unpaired) electrons. The monoisotopic (exact) mass is 254 g/mol. The Hall–Kier alpha value is -1.06. The van der Waals surface area contributed by atoms with Crippen molar-refractivity contribution in [2.75, 3.05) is 13.6 Å². The van der Waals surface area contributed by atoms with Gasteiger partial charge in [0.05, 0.1) is 6.54 Å². The van der Waals surface area contributed by atoms with Crippen molar-refractivity contribution in [3.8, 4) is 0 Å². The summed E-state index contributed by atoms with van der Waals surface area (Å²) in [5.74, 6) is 0.0523. The van der Waals surface area contributed by atoms with E-state index < -0.39 is 0 Å². The van der Waals surface area contributed by atoms with Crippen LogP contribution in [0.4, 0.5) is 0 Å². The molecular weight excluding hydrogens is 236 g/mol. The number of hydrogen-bond acceptors (Lipinski definition) is 2. The Morgan fingerprint density at radius 1 is 1.35 bits per heavy atom. The van der Waals surface area contributed by atoms with Crippen molar-refractivity contribution >= 4 is 17.5 Å². The largest absolute Gasteiger partial charge is 0.353 e. The Balaban J connectivity index is 2.41. The van der Waals surface area contributed by atoms with Crippen LogP contribution in [0.1, 0.15) is 19.4 Å². The normalized spacial score (nSPS) is 10.9. The zero-order chi connectivity index (χ0) is 12.8. The van der Waals surface area contributed by atoms with Gasteiger partial charge in [-0.15, -0.1) is 0 Å². The van der Waals surface area contributed by atoms with Gasteiger partial charge < -0.3 is 5.32 Å². The van der Waals surface area contributed by atoms with Gasteiger partial charge in [0.25, 0.3) is 0 Å². The number of amides is 1. The van der Waals surface area contributed by atoms with E-state index in [0.29, 0.717) is 6.54 Å². The molecule has 1 aromatic rings. The van der Waals surface area contributed by atoms with E-state index in [9.17, 15) is 4.79 Å². The van der Waals surface area contributed by atoms with E-state index in [1.54, 1.807) is 0 Å². The number of nitrogens with one attached hydrogen (secondary N) is 1. The van der Waals surface area contributed by atoms with E-state index >= 15 is 0 Å². The van der Waals surface area contributed by atoms with E-state index in [2.05, 4.69) is 5.32 Å². The summed E-state index contributed by atoms with van der Waals surface area (Å²) in [4.78, 5) is 13.5. The summed E-state index contributed by atoms with van der Waals surface area (Å²) in [6.45, 7) is 5.05. The summed E-state index contributed by atoms with van der Waals surface area (Å²) in [6.07, 6.45) is 0. The Kier molecular flexibility index (Phi) is 5.45. The van der Waals surface area contributed by atoms with Crippen LogP contribution < -0.4 is 5.32 Å². The van der Waals surface area contributed by atoms with Crippen LogP contribution in [0.5, 0.6) is 0 Å². The molecule has 0 unspecified atom stereocenters. The van der Waals surface area contributed by atoms with Gasteiger partial charge in [-0.05, 0) is 38.6 Å². The molecule has 0 aliphatic carbocycles. The molecule has 0 heterocycles. The van der Waals surface area contributed by atoms with Crippen LogP contribution in [-0.4, -0.2) is 30.4 Å². The molecule has 3 nitrogen and oxygen atoms in total. The summed E-state index contributed by atoms with van der Waals surface area (Å²) in [7, 11) is 1.93. The molecule has 0 fully saturated rings. The van der Waals surface area contributed by atoms with Crippen LogP contribution in [0.15, 0.2) is 24.3 Å². The van der Waals surface area contributed by atoms with Crippen LogP contribution in [0, 0.1) is 0 Å². The van der Waals surface area contributed by atoms with Crippen LogP contribution in [0.25, 0.3) is 0 Å². The van der Waals surface area contributed by atoms with Gasteiger partial charge in [-0.25, -0.2) is 0 Å². The first-order valence-corrected chi connectivity index (χ1v) is 6.07. The van der Waals surface area contributed by atoms with E-state index in [4.69, 9.17) is 11.6 Å². The molecule has 0 saturated heterocycles. The highest BCUT2D eigenvalue weighted by molar-refractivity contribution is 6.30. The number of hydrogen-bond donors (Lipinski definition) is 1. The number of carbonyl (C=O) groups is 1. The molecule has 0 saturated carbocycles. The van der Waals surface area contributed by atoms with Gasteiger partial charge in [0.2, 0.25) is 5.91 Å². The smallest absolute Gasteiger partial charge is 0.234 e. The highest BCUT2D eigenvalue weighted by Gasteiger charge is 2.07. The van der Waals surface area contributed by atoms with E-state index in [-0.39, 0.29) is 11.9 Å². The third-order valence-electron chi connectivity index (χ3n) is 2.23. The maximum Gasteiger partial charge on any atom is 0.234 e. The third-order valence-corrected chi connectivity index (χ3v) is 2.48. The van der Waals surface area contributed by atoms with Gasteiger partial charge >= 0.3 is 0 Å². The van der Waals surface area contributed by atoms with Crippen molar-refractivity contribution in [1.82, 2.24) is 10.2 Å². The SMILES string of the molecule is CC(C)NC(=O)CN(C)Cc1ccc(Cl)cc1. The average molecular weight is 255 g/mol. The van der Waals surface area contributed by atoms with Crippen molar-refractivity contribution in [2.24, 2.45) is 0 Å². The molecule has 0 aliphatic heterocycles. The molecule has 0 atom stereocenters. The Bertz CT molecular complexity index is 362. The van der Waals surface area contributed by atoms with Crippen molar-refractivity contribution in [3.05, 3.63) is 34.9 Å². The van der Waals surface area contributed by atoms with Gasteiger partial charge in [0.15, 0.2) is 0 Å². The molecule has 0 bridgehead atoms. The number of likely N-dealkylation sites (N-methyl/N-ethyl adjacent to an activating group) is 1. The van der Waals surface area contributed by atoms with Crippen LogP contribution >= 0.6 is 11.6 Å². The standard InChI is InChI=1S/C13H19ClN2O/c1-10(2)15-13(17)9-16(3)8-11-4-6-12(14)7-5-11/h4-7,10H,8-9H2,1-3H3,(H,15,17). The minimum Gasteiger partial charge on any atom is -0.353 e. The first kappa shape index (κ1) is 14.0. The van der Waals surface area contributed by atoms with E-state index in [1.807, 2.05) is 50.1 Å². The van der Waals surface area contributed by atoms with Crippen molar-refractivity contribution < 1.29 is 4.79 Å². The second kappa shape index (κ2) is 6.62. The minimum absolute atomic E-state index is 0.0523. The number of rotatable bonds is 5. The predicted molar refractivity (Wildman–Crippen MR) is 71.1 cm³/mol. The average Bonchev–Trinajstić information content (AvgIpc) is 2.19. The van der Waals surface area contributed by atoms with Gasteiger partial charge in [-0.1, -0.05) is 23.7 Å². The molecule has 0 aliphatic rings. The molecule has 1 amide bonds. The van der Waals surface area contributed by atoms with Crippen LogP contribution in [0.2, 0.25) is 5.02 Å². The number of benzene rings is 1. The Morgan fingerprint density at radius 2 is 1.94 bits per heavy atom. The van der Waals surface area contributed by atoms with E-state index in [0.717, 1.165) is 17.1 Å². The lowest BCUT2D eigenvalue weighted by Gasteiger charge is -2.17. The highest BCUT2D eigenvalue weighted by atomic mass is 35.5. The Morgan fingerprint density at radius 3 is 2.47 bits per heavy atom. The molecule has 17 heavy (non-hydrogen) atoms. The first-order chi connectivity index (χ1) is 7.97. The molecular formula is C13H19ClN2O. The highest BCUT2D eigenvalue weighted by Crippen LogP contribution is 2.10. The van der Waals surface area contributed by atoms with E-state index in [1.165, 1.54) is 0 Å². The van der Waals surface area contributed by atoms with Crippen molar-refractivity contribution in [1.29, 1.82) is 0 Å². The predicted octanol–water partition coefficient (Wildman–Crippen LogP) is 2.30. The number of carbonyl (C=O) groups excluding carboxylic acids is 1. The maximum absolute atomic E-state index is 11.5. The molecule has 1 aromatic carbocycles. The maximum atomic E-state index is 11.5. The summed E-state index contributed by atoms with van der Waals surface area (Å²) < 4.78 is 0.